The van der Waals surface area contributed by atoms with Gasteiger partial charge in [-0.1, -0.05) is 0 Å². The second kappa shape index (κ2) is 5.03. The van der Waals surface area contributed by atoms with Gasteiger partial charge in [-0.15, -0.1) is 0 Å². The third-order valence-electron chi connectivity index (χ3n) is 1.72. The SMILES string of the molecule is O=C(Nc1ncc(Br)nc1Br)c1ccsc1. The van der Waals surface area contributed by atoms with E-state index in [1.165, 1.54) is 17.5 Å². The highest BCUT2D eigenvalue weighted by atomic mass is 79.9. The van der Waals surface area contributed by atoms with Gasteiger partial charge >= 0.3 is 0 Å². The molecule has 2 aromatic heterocycles. The molecule has 0 saturated heterocycles. The number of amides is 1. The fourth-order valence-corrected chi connectivity index (χ4v) is 2.55. The van der Waals surface area contributed by atoms with Crippen LogP contribution in [0.25, 0.3) is 0 Å². The lowest BCUT2D eigenvalue weighted by molar-refractivity contribution is 0.102. The minimum absolute atomic E-state index is 0.196. The zero-order valence-electron chi connectivity index (χ0n) is 7.78. The zero-order chi connectivity index (χ0) is 11.5. The number of nitrogens with one attached hydrogen (secondary N) is 1. The Morgan fingerprint density at radius 2 is 2.25 bits per heavy atom. The van der Waals surface area contributed by atoms with Crippen molar-refractivity contribution in [3.63, 3.8) is 0 Å². The van der Waals surface area contributed by atoms with Crippen LogP contribution in [-0.4, -0.2) is 15.9 Å². The Hall–Kier alpha value is -0.790. The molecule has 0 atom stereocenters. The minimum Gasteiger partial charge on any atom is -0.304 e. The molecule has 82 valence electrons. The highest BCUT2D eigenvalue weighted by molar-refractivity contribution is 9.11. The van der Waals surface area contributed by atoms with E-state index in [2.05, 4.69) is 47.1 Å². The Labute approximate surface area is 112 Å². The van der Waals surface area contributed by atoms with Crippen molar-refractivity contribution in [3.8, 4) is 0 Å². The molecular weight excluding hydrogens is 358 g/mol. The predicted molar refractivity (Wildman–Crippen MR) is 69.7 cm³/mol. The lowest BCUT2D eigenvalue weighted by Gasteiger charge is -2.04. The molecule has 16 heavy (non-hydrogen) atoms. The predicted octanol–water partition coefficient (Wildman–Crippen LogP) is 3.32. The van der Waals surface area contributed by atoms with Crippen LogP contribution < -0.4 is 5.32 Å². The summed E-state index contributed by atoms with van der Waals surface area (Å²) in [5.41, 5.74) is 0.613. The number of hydrogen-bond donors (Lipinski definition) is 1. The summed E-state index contributed by atoms with van der Waals surface area (Å²) < 4.78 is 1.10. The van der Waals surface area contributed by atoms with Crippen molar-refractivity contribution in [2.75, 3.05) is 5.32 Å². The second-order valence-electron chi connectivity index (χ2n) is 2.80. The average Bonchev–Trinajstić information content (AvgIpc) is 2.75. The van der Waals surface area contributed by atoms with Gasteiger partial charge in [0.05, 0.1) is 11.8 Å². The summed E-state index contributed by atoms with van der Waals surface area (Å²) in [5.74, 6) is 0.206. The Morgan fingerprint density at radius 3 is 2.88 bits per heavy atom. The minimum atomic E-state index is -0.196. The van der Waals surface area contributed by atoms with Gasteiger partial charge in [0.2, 0.25) is 0 Å². The first-order valence-electron chi connectivity index (χ1n) is 4.18. The summed E-state index contributed by atoms with van der Waals surface area (Å²) in [7, 11) is 0. The van der Waals surface area contributed by atoms with Crippen LogP contribution in [0.1, 0.15) is 10.4 Å². The maximum atomic E-state index is 11.7. The summed E-state index contributed by atoms with van der Waals surface area (Å²) in [6.07, 6.45) is 1.52. The van der Waals surface area contributed by atoms with E-state index in [0.29, 0.717) is 20.6 Å². The van der Waals surface area contributed by atoms with Gasteiger partial charge < -0.3 is 5.32 Å². The van der Waals surface area contributed by atoms with E-state index < -0.39 is 0 Å². The number of thiophene rings is 1. The third-order valence-corrected chi connectivity index (χ3v) is 3.33. The number of halogens is 2. The average molecular weight is 363 g/mol. The van der Waals surface area contributed by atoms with Crippen molar-refractivity contribution >= 4 is 54.9 Å². The van der Waals surface area contributed by atoms with Gasteiger partial charge in [0.1, 0.15) is 9.21 Å². The summed E-state index contributed by atoms with van der Waals surface area (Å²) in [4.78, 5) is 19.8. The van der Waals surface area contributed by atoms with Gasteiger partial charge in [-0.2, -0.15) is 11.3 Å². The quantitative estimate of drug-likeness (QED) is 0.891. The first-order valence-corrected chi connectivity index (χ1v) is 6.71. The molecule has 4 nitrogen and oxygen atoms in total. The maximum Gasteiger partial charge on any atom is 0.257 e. The first-order chi connectivity index (χ1) is 7.66. The normalized spacial score (nSPS) is 10.1. The summed E-state index contributed by atoms with van der Waals surface area (Å²) >= 11 is 7.88. The monoisotopic (exact) mass is 361 g/mol. The Bertz CT molecular complexity index is 515. The van der Waals surface area contributed by atoms with Crippen LogP contribution in [0.15, 0.2) is 32.2 Å². The number of nitrogens with zero attached hydrogens (tertiary/aromatic N) is 2. The Balaban J connectivity index is 2.18. The number of rotatable bonds is 2. The summed E-state index contributed by atoms with van der Waals surface area (Å²) in [6.45, 7) is 0. The number of anilines is 1. The van der Waals surface area contributed by atoms with E-state index >= 15 is 0 Å². The van der Waals surface area contributed by atoms with Crippen LogP contribution in [0.5, 0.6) is 0 Å². The molecule has 0 aromatic carbocycles. The third kappa shape index (κ3) is 2.66. The number of carbonyl (C=O) groups excluding carboxylic acids is 1. The molecule has 0 aliphatic carbocycles. The van der Waals surface area contributed by atoms with Crippen LogP contribution >= 0.6 is 43.2 Å². The molecule has 0 spiro atoms. The number of aromatic nitrogens is 2. The van der Waals surface area contributed by atoms with Crippen LogP contribution in [0.3, 0.4) is 0 Å². The number of carbonyl (C=O) groups is 1. The first kappa shape index (κ1) is 11.7. The van der Waals surface area contributed by atoms with Crippen molar-refractivity contribution in [1.29, 1.82) is 0 Å². The molecule has 0 saturated carbocycles. The highest BCUT2D eigenvalue weighted by Gasteiger charge is 2.10. The molecule has 1 amide bonds. The fourth-order valence-electron chi connectivity index (χ4n) is 1.00. The molecule has 0 fully saturated rings. The van der Waals surface area contributed by atoms with Crippen LogP contribution in [0.4, 0.5) is 5.82 Å². The molecule has 0 unspecified atom stereocenters. The van der Waals surface area contributed by atoms with E-state index in [4.69, 9.17) is 0 Å². The number of hydrogen-bond acceptors (Lipinski definition) is 4. The molecule has 0 aliphatic heterocycles. The molecule has 2 rings (SSSR count). The topological polar surface area (TPSA) is 54.9 Å². The van der Waals surface area contributed by atoms with Crippen LogP contribution in [-0.2, 0) is 0 Å². The van der Waals surface area contributed by atoms with E-state index in [1.807, 2.05) is 5.38 Å². The Morgan fingerprint density at radius 1 is 1.44 bits per heavy atom. The van der Waals surface area contributed by atoms with E-state index in [9.17, 15) is 4.79 Å². The lowest BCUT2D eigenvalue weighted by Crippen LogP contribution is -2.12. The lowest BCUT2D eigenvalue weighted by atomic mass is 10.3. The molecule has 0 aliphatic rings. The van der Waals surface area contributed by atoms with E-state index in [-0.39, 0.29) is 5.91 Å². The highest BCUT2D eigenvalue weighted by Crippen LogP contribution is 2.20. The molecule has 7 heteroatoms. The van der Waals surface area contributed by atoms with Crippen molar-refractivity contribution in [2.24, 2.45) is 0 Å². The largest absolute Gasteiger partial charge is 0.304 e. The van der Waals surface area contributed by atoms with Crippen molar-refractivity contribution in [3.05, 3.63) is 37.8 Å². The Kier molecular flexibility index (Phi) is 3.67. The van der Waals surface area contributed by atoms with Crippen molar-refractivity contribution in [2.45, 2.75) is 0 Å². The van der Waals surface area contributed by atoms with Crippen molar-refractivity contribution < 1.29 is 4.79 Å². The molecule has 1 N–H and O–H groups in total. The maximum absolute atomic E-state index is 11.7. The van der Waals surface area contributed by atoms with Gasteiger partial charge in [-0.05, 0) is 43.3 Å². The van der Waals surface area contributed by atoms with Gasteiger partial charge in [0, 0.05) is 5.38 Å². The van der Waals surface area contributed by atoms with Crippen LogP contribution in [0.2, 0.25) is 0 Å². The standard InChI is InChI=1S/C9H5Br2N3OS/c10-6-3-12-8(7(11)13-6)14-9(15)5-1-2-16-4-5/h1-4H,(H,12,14,15). The van der Waals surface area contributed by atoms with Gasteiger partial charge in [0.25, 0.3) is 5.91 Å². The summed E-state index contributed by atoms with van der Waals surface area (Å²) in [5, 5.41) is 6.28. The van der Waals surface area contributed by atoms with Gasteiger partial charge in [-0.3, -0.25) is 4.79 Å². The molecule has 2 aromatic rings. The fraction of sp³-hybridized carbons (Fsp3) is 0. The second-order valence-corrected chi connectivity index (χ2v) is 5.14. The smallest absolute Gasteiger partial charge is 0.257 e. The van der Waals surface area contributed by atoms with Gasteiger partial charge in [-0.25, -0.2) is 9.97 Å². The van der Waals surface area contributed by atoms with Crippen molar-refractivity contribution in [1.82, 2.24) is 9.97 Å². The molecule has 0 radical (unpaired) electrons. The molecular formula is C9H5Br2N3OS. The van der Waals surface area contributed by atoms with Crippen LogP contribution in [0, 0.1) is 0 Å². The van der Waals surface area contributed by atoms with E-state index in [0.717, 1.165) is 0 Å². The van der Waals surface area contributed by atoms with E-state index in [1.54, 1.807) is 11.4 Å². The molecule has 2 heterocycles. The summed E-state index contributed by atoms with van der Waals surface area (Å²) in [6, 6.07) is 1.75. The molecule has 0 bridgehead atoms. The van der Waals surface area contributed by atoms with Gasteiger partial charge in [0.15, 0.2) is 5.82 Å². The zero-order valence-corrected chi connectivity index (χ0v) is 11.8.